The van der Waals surface area contributed by atoms with Crippen LogP contribution in [0, 0.1) is 0 Å². The van der Waals surface area contributed by atoms with Crippen LogP contribution in [0.15, 0.2) is 0 Å². The molecule has 0 spiro atoms. The summed E-state index contributed by atoms with van der Waals surface area (Å²) in [4.78, 5) is 23.5. The highest BCUT2D eigenvalue weighted by molar-refractivity contribution is 7.98. The van der Waals surface area contributed by atoms with Crippen LogP contribution in [-0.4, -0.2) is 57.0 Å². The SMILES string of the molecule is CCCCCOC(=O)C(CCSC)NC(=O)OCCOC. The van der Waals surface area contributed by atoms with Crippen LogP contribution < -0.4 is 5.32 Å². The maximum absolute atomic E-state index is 12.0. The molecule has 0 fully saturated rings. The minimum absolute atomic E-state index is 0.156. The molecule has 7 heteroatoms. The fourth-order valence-corrected chi connectivity index (χ4v) is 1.98. The molecule has 124 valence electrons. The Morgan fingerprint density at radius 2 is 1.90 bits per heavy atom. The second kappa shape index (κ2) is 14.0. The number of methoxy groups -OCH3 is 1. The van der Waals surface area contributed by atoms with Gasteiger partial charge >= 0.3 is 12.1 Å². The number of esters is 1. The molecule has 1 amide bonds. The van der Waals surface area contributed by atoms with Gasteiger partial charge in [-0.2, -0.15) is 11.8 Å². The third kappa shape index (κ3) is 11.4. The number of alkyl carbamates (subject to hydrolysis) is 1. The Hall–Kier alpha value is -0.950. The monoisotopic (exact) mass is 321 g/mol. The molecular weight excluding hydrogens is 294 g/mol. The quantitative estimate of drug-likeness (QED) is 0.439. The van der Waals surface area contributed by atoms with Gasteiger partial charge in [0.15, 0.2) is 0 Å². The Labute approximate surface area is 131 Å². The molecule has 6 nitrogen and oxygen atoms in total. The first-order valence-corrected chi connectivity index (χ1v) is 8.62. The van der Waals surface area contributed by atoms with Gasteiger partial charge in [-0.25, -0.2) is 9.59 Å². The van der Waals surface area contributed by atoms with E-state index in [1.54, 1.807) is 11.8 Å². The highest BCUT2D eigenvalue weighted by Crippen LogP contribution is 2.04. The lowest BCUT2D eigenvalue weighted by Crippen LogP contribution is -2.42. The number of hydrogen-bond donors (Lipinski definition) is 1. The molecule has 0 bridgehead atoms. The number of hydrogen-bond acceptors (Lipinski definition) is 6. The molecule has 0 heterocycles. The van der Waals surface area contributed by atoms with Gasteiger partial charge in [0.2, 0.25) is 0 Å². The van der Waals surface area contributed by atoms with E-state index in [0.717, 1.165) is 25.0 Å². The van der Waals surface area contributed by atoms with Crippen LogP contribution in [0.25, 0.3) is 0 Å². The average Bonchev–Trinajstić information content (AvgIpc) is 2.48. The van der Waals surface area contributed by atoms with Crippen molar-refractivity contribution in [3.63, 3.8) is 0 Å². The summed E-state index contributed by atoms with van der Waals surface area (Å²) in [7, 11) is 1.52. The summed E-state index contributed by atoms with van der Waals surface area (Å²) in [6, 6.07) is -0.658. The van der Waals surface area contributed by atoms with Crippen molar-refractivity contribution < 1.29 is 23.8 Å². The number of thioether (sulfide) groups is 1. The van der Waals surface area contributed by atoms with Crippen molar-refractivity contribution in [3.05, 3.63) is 0 Å². The fraction of sp³-hybridized carbons (Fsp3) is 0.857. The van der Waals surface area contributed by atoms with E-state index in [0.29, 0.717) is 19.6 Å². The highest BCUT2D eigenvalue weighted by atomic mass is 32.2. The van der Waals surface area contributed by atoms with Crippen molar-refractivity contribution in [2.24, 2.45) is 0 Å². The summed E-state index contributed by atoms with van der Waals surface area (Å²) in [6.07, 6.45) is 4.78. The standard InChI is InChI=1S/C14H27NO5S/c1-4-5-6-8-19-13(16)12(7-11-21-3)15-14(17)20-10-9-18-2/h12H,4-11H2,1-3H3,(H,15,17). The van der Waals surface area contributed by atoms with E-state index in [4.69, 9.17) is 14.2 Å². The molecule has 1 unspecified atom stereocenters. The summed E-state index contributed by atoms with van der Waals surface area (Å²) >= 11 is 1.61. The van der Waals surface area contributed by atoms with Crippen molar-refractivity contribution in [1.29, 1.82) is 0 Å². The molecular formula is C14H27NO5S. The summed E-state index contributed by atoms with van der Waals surface area (Å²) in [5, 5.41) is 2.55. The van der Waals surface area contributed by atoms with E-state index < -0.39 is 18.1 Å². The molecule has 0 rings (SSSR count). The molecule has 0 saturated carbocycles. The van der Waals surface area contributed by atoms with Crippen molar-refractivity contribution >= 4 is 23.8 Å². The van der Waals surface area contributed by atoms with E-state index in [1.807, 2.05) is 6.26 Å². The van der Waals surface area contributed by atoms with Crippen LogP contribution in [0.1, 0.15) is 32.6 Å². The van der Waals surface area contributed by atoms with Gasteiger partial charge in [-0.3, -0.25) is 0 Å². The number of ether oxygens (including phenoxy) is 3. The zero-order valence-corrected chi connectivity index (χ0v) is 14.0. The number of rotatable bonds is 12. The maximum atomic E-state index is 12.0. The number of carbonyl (C=O) groups is 2. The lowest BCUT2D eigenvalue weighted by molar-refractivity contribution is -0.146. The molecule has 0 aromatic rings. The molecule has 0 aromatic carbocycles. The highest BCUT2D eigenvalue weighted by Gasteiger charge is 2.22. The van der Waals surface area contributed by atoms with E-state index in [1.165, 1.54) is 7.11 Å². The molecule has 0 aliphatic carbocycles. The molecule has 0 radical (unpaired) electrons. The van der Waals surface area contributed by atoms with Crippen molar-refractivity contribution in [2.75, 3.05) is 38.9 Å². The first-order chi connectivity index (χ1) is 10.2. The molecule has 21 heavy (non-hydrogen) atoms. The van der Waals surface area contributed by atoms with Crippen molar-refractivity contribution in [2.45, 2.75) is 38.6 Å². The van der Waals surface area contributed by atoms with Gasteiger partial charge in [0, 0.05) is 7.11 Å². The van der Waals surface area contributed by atoms with Crippen molar-refractivity contribution in [3.8, 4) is 0 Å². The molecule has 1 N–H and O–H groups in total. The van der Waals surface area contributed by atoms with Gasteiger partial charge in [-0.15, -0.1) is 0 Å². The summed E-state index contributed by atoms with van der Waals surface area (Å²) < 4.78 is 14.9. The summed E-state index contributed by atoms with van der Waals surface area (Å²) in [5.41, 5.74) is 0. The molecule has 0 aliphatic heterocycles. The first-order valence-electron chi connectivity index (χ1n) is 7.23. The zero-order valence-electron chi connectivity index (χ0n) is 13.2. The second-order valence-corrected chi connectivity index (χ2v) is 5.47. The predicted molar refractivity (Wildman–Crippen MR) is 83.6 cm³/mol. The Morgan fingerprint density at radius 3 is 2.52 bits per heavy atom. The number of carbonyl (C=O) groups excluding carboxylic acids is 2. The van der Waals surface area contributed by atoms with Gasteiger partial charge in [-0.05, 0) is 24.9 Å². The third-order valence-corrected chi connectivity index (χ3v) is 3.34. The van der Waals surface area contributed by atoms with Gasteiger partial charge < -0.3 is 19.5 Å². The minimum Gasteiger partial charge on any atom is -0.464 e. The fourth-order valence-electron chi connectivity index (χ4n) is 1.51. The van der Waals surface area contributed by atoms with E-state index >= 15 is 0 Å². The predicted octanol–water partition coefficient (Wildman–Crippen LogP) is 2.21. The lowest BCUT2D eigenvalue weighted by atomic mass is 10.2. The smallest absolute Gasteiger partial charge is 0.407 e. The van der Waals surface area contributed by atoms with Crippen LogP contribution in [0.5, 0.6) is 0 Å². The average molecular weight is 321 g/mol. The first kappa shape index (κ1) is 20.1. The van der Waals surface area contributed by atoms with Crippen LogP contribution in [0.3, 0.4) is 0 Å². The number of amides is 1. The van der Waals surface area contributed by atoms with Gasteiger partial charge in [0.05, 0.1) is 13.2 Å². The van der Waals surface area contributed by atoms with E-state index in [9.17, 15) is 9.59 Å². The Bertz CT molecular complexity index is 289. The van der Waals surface area contributed by atoms with Crippen LogP contribution in [0.2, 0.25) is 0 Å². The second-order valence-electron chi connectivity index (χ2n) is 4.48. The molecule has 1 atom stereocenters. The third-order valence-electron chi connectivity index (χ3n) is 2.70. The largest absolute Gasteiger partial charge is 0.464 e. The minimum atomic E-state index is -0.658. The normalized spacial score (nSPS) is 11.8. The van der Waals surface area contributed by atoms with Gasteiger partial charge in [0.1, 0.15) is 12.6 Å². The summed E-state index contributed by atoms with van der Waals surface area (Å²) in [5.74, 6) is 0.358. The number of unbranched alkanes of at least 4 members (excludes halogenated alkanes) is 2. The van der Waals surface area contributed by atoms with E-state index in [2.05, 4.69) is 12.2 Å². The Morgan fingerprint density at radius 1 is 1.14 bits per heavy atom. The Kier molecular flexibility index (Phi) is 13.4. The molecule has 0 saturated heterocycles. The Balaban J connectivity index is 4.15. The molecule has 0 aromatic heterocycles. The van der Waals surface area contributed by atoms with Gasteiger partial charge in [0.25, 0.3) is 0 Å². The van der Waals surface area contributed by atoms with Gasteiger partial charge in [-0.1, -0.05) is 19.8 Å². The van der Waals surface area contributed by atoms with Crippen LogP contribution in [-0.2, 0) is 19.0 Å². The van der Waals surface area contributed by atoms with E-state index in [-0.39, 0.29) is 6.61 Å². The summed E-state index contributed by atoms with van der Waals surface area (Å²) in [6.45, 7) is 2.96. The van der Waals surface area contributed by atoms with Crippen LogP contribution >= 0.6 is 11.8 Å². The number of nitrogens with one attached hydrogen (secondary N) is 1. The van der Waals surface area contributed by atoms with Crippen LogP contribution in [0.4, 0.5) is 4.79 Å². The lowest BCUT2D eigenvalue weighted by Gasteiger charge is -2.17. The van der Waals surface area contributed by atoms with Crippen molar-refractivity contribution in [1.82, 2.24) is 5.32 Å². The zero-order chi connectivity index (χ0) is 15.9. The molecule has 0 aliphatic rings. The maximum Gasteiger partial charge on any atom is 0.407 e. The topological polar surface area (TPSA) is 73.9 Å².